The van der Waals surface area contributed by atoms with Crippen molar-refractivity contribution in [3.63, 3.8) is 0 Å². The number of nitrogens with zero attached hydrogens (tertiary/aromatic N) is 1. The van der Waals surface area contributed by atoms with Gasteiger partial charge in [0.15, 0.2) is 0 Å². The topological polar surface area (TPSA) is 12.9 Å². The lowest BCUT2D eigenvalue weighted by molar-refractivity contribution is 0.836. The lowest BCUT2D eigenvalue weighted by Gasteiger charge is -1.93. The molecule has 58 valence electrons. The van der Waals surface area contributed by atoms with Crippen LogP contribution >= 0.6 is 0 Å². The summed E-state index contributed by atoms with van der Waals surface area (Å²) < 4.78 is 0. The SMILES string of the molecule is CC(C)/C=C/c1ccccn1. The highest BCUT2D eigenvalue weighted by Crippen LogP contribution is 2.00. The molecule has 1 rings (SSSR count). The van der Waals surface area contributed by atoms with E-state index < -0.39 is 0 Å². The van der Waals surface area contributed by atoms with E-state index in [1.165, 1.54) is 0 Å². The van der Waals surface area contributed by atoms with Gasteiger partial charge in [0.25, 0.3) is 0 Å². The first kappa shape index (κ1) is 7.99. The maximum Gasteiger partial charge on any atom is 0.0626 e. The third-order valence-electron chi connectivity index (χ3n) is 1.34. The molecule has 1 aromatic rings. The fraction of sp³-hybridized carbons (Fsp3) is 0.300. The summed E-state index contributed by atoms with van der Waals surface area (Å²) >= 11 is 0. The van der Waals surface area contributed by atoms with Crippen LogP contribution in [0.3, 0.4) is 0 Å². The summed E-state index contributed by atoms with van der Waals surface area (Å²) in [5.41, 5.74) is 1.03. The molecule has 0 fully saturated rings. The molecule has 0 aromatic carbocycles. The Hall–Kier alpha value is -1.11. The first-order valence-corrected chi connectivity index (χ1v) is 3.88. The van der Waals surface area contributed by atoms with Gasteiger partial charge in [0, 0.05) is 6.20 Å². The van der Waals surface area contributed by atoms with Gasteiger partial charge in [0.1, 0.15) is 0 Å². The molecule has 0 amide bonds. The van der Waals surface area contributed by atoms with Gasteiger partial charge in [-0.25, -0.2) is 0 Å². The monoisotopic (exact) mass is 147 g/mol. The van der Waals surface area contributed by atoms with Crippen molar-refractivity contribution in [2.75, 3.05) is 0 Å². The van der Waals surface area contributed by atoms with Crippen molar-refractivity contribution in [3.8, 4) is 0 Å². The van der Waals surface area contributed by atoms with Crippen molar-refractivity contribution in [3.05, 3.63) is 36.2 Å². The Bertz CT molecular complexity index is 224. The van der Waals surface area contributed by atoms with E-state index in [4.69, 9.17) is 0 Å². The van der Waals surface area contributed by atoms with Crippen LogP contribution in [-0.2, 0) is 0 Å². The van der Waals surface area contributed by atoms with Crippen molar-refractivity contribution in [2.24, 2.45) is 5.92 Å². The molecule has 0 N–H and O–H groups in total. The third-order valence-corrected chi connectivity index (χ3v) is 1.34. The quantitative estimate of drug-likeness (QED) is 0.626. The summed E-state index contributed by atoms with van der Waals surface area (Å²) in [5, 5.41) is 0. The minimum Gasteiger partial charge on any atom is -0.257 e. The average molecular weight is 147 g/mol. The first-order valence-electron chi connectivity index (χ1n) is 3.88. The molecular weight excluding hydrogens is 134 g/mol. The molecule has 0 aliphatic rings. The van der Waals surface area contributed by atoms with Crippen LogP contribution in [-0.4, -0.2) is 4.98 Å². The molecule has 1 aromatic heterocycles. The highest BCUT2D eigenvalue weighted by atomic mass is 14.6. The fourth-order valence-electron chi connectivity index (χ4n) is 0.766. The molecule has 1 heterocycles. The molecule has 0 atom stereocenters. The molecule has 0 unspecified atom stereocenters. The number of hydrogen-bond acceptors (Lipinski definition) is 1. The standard InChI is InChI=1S/C10H13N/c1-9(2)6-7-10-5-3-4-8-11-10/h3-9H,1-2H3/b7-6+. The van der Waals surface area contributed by atoms with Gasteiger partial charge in [-0.1, -0.05) is 26.0 Å². The van der Waals surface area contributed by atoms with E-state index in [1.54, 1.807) is 6.20 Å². The second-order valence-electron chi connectivity index (χ2n) is 2.86. The van der Waals surface area contributed by atoms with Crippen LogP contribution in [0.4, 0.5) is 0 Å². The van der Waals surface area contributed by atoms with E-state index >= 15 is 0 Å². The van der Waals surface area contributed by atoms with Crippen LogP contribution in [0.25, 0.3) is 6.08 Å². The first-order chi connectivity index (χ1) is 5.29. The Labute approximate surface area is 67.8 Å². The predicted octanol–water partition coefficient (Wildman–Crippen LogP) is 2.75. The number of pyridine rings is 1. The van der Waals surface area contributed by atoms with Gasteiger partial charge in [0.05, 0.1) is 5.69 Å². The van der Waals surface area contributed by atoms with Crippen molar-refractivity contribution >= 4 is 6.08 Å². The highest BCUT2D eigenvalue weighted by molar-refractivity contribution is 5.43. The molecule has 0 saturated carbocycles. The van der Waals surface area contributed by atoms with E-state index in [2.05, 4.69) is 24.9 Å². The zero-order chi connectivity index (χ0) is 8.10. The molecule has 1 heteroatoms. The molecule has 0 bridgehead atoms. The van der Waals surface area contributed by atoms with Crippen LogP contribution in [0.5, 0.6) is 0 Å². The zero-order valence-electron chi connectivity index (χ0n) is 6.99. The van der Waals surface area contributed by atoms with Crippen LogP contribution in [0, 0.1) is 5.92 Å². The van der Waals surface area contributed by atoms with Gasteiger partial charge in [0.2, 0.25) is 0 Å². The van der Waals surface area contributed by atoms with Gasteiger partial charge >= 0.3 is 0 Å². The molecular formula is C10H13N. The van der Waals surface area contributed by atoms with Crippen molar-refractivity contribution in [2.45, 2.75) is 13.8 Å². The van der Waals surface area contributed by atoms with E-state index in [1.807, 2.05) is 24.3 Å². The fourth-order valence-corrected chi connectivity index (χ4v) is 0.766. The zero-order valence-corrected chi connectivity index (χ0v) is 6.99. The van der Waals surface area contributed by atoms with Gasteiger partial charge in [-0.3, -0.25) is 4.98 Å². The molecule has 0 aliphatic carbocycles. The van der Waals surface area contributed by atoms with Gasteiger partial charge in [-0.2, -0.15) is 0 Å². The number of aromatic nitrogens is 1. The Morgan fingerprint density at radius 2 is 2.18 bits per heavy atom. The van der Waals surface area contributed by atoms with E-state index in [0.717, 1.165) is 5.69 Å². The summed E-state index contributed by atoms with van der Waals surface area (Å²) in [7, 11) is 0. The number of hydrogen-bond donors (Lipinski definition) is 0. The molecule has 0 spiro atoms. The number of rotatable bonds is 2. The maximum absolute atomic E-state index is 4.16. The largest absolute Gasteiger partial charge is 0.257 e. The highest BCUT2D eigenvalue weighted by Gasteiger charge is 1.85. The van der Waals surface area contributed by atoms with Crippen molar-refractivity contribution in [1.29, 1.82) is 0 Å². The molecule has 0 saturated heterocycles. The minimum absolute atomic E-state index is 0.594. The van der Waals surface area contributed by atoms with Crippen LogP contribution in [0.2, 0.25) is 0 Å². The lowest BCUT2D eigenvalue weighted by Crippen LogP contribution is -1.80. The van der Waals surface area contributed by atoms with Crippen LogP contribution < -0.4 is 0 Å². The molecule has 0 radical (unpaired) electrons. The Morgan fingerprint density at radius 3 is 2.73 bits per heavy atom. The summed E-state index contributed by atoms with van der Waals surface area (Å²) in [6, 6.07) is 5.92. The summed E-state index contributed by atoms with van der Waals surface area (Å²) in [6.45, 7) is 4.30. The number of allylic oxidation sites excluding steroid dienone is 1. The van der Waals surface area contributed by atoms with Gasteiger partial charge in [-0.15, -0.1) is 0 Å². The van der Waals surface area contributed by atoms with Crippen LogP contribution in [0.1, 0.15) is 19.5 Å². The second-order valence-corrected chi connectivity index (χ2v) is 2.86. The Balaban J connectivity index is 2.65. The summed E-state index contributed by atoms with van der Waals surface area (Å²) in [6.07, 6.45) is 5.99. The second kappa shape index (κ2) is 3.91. The lowest BCUT2D eigenvalue weighted by atomic mass is 10.2. The van der Waals surface area contributed by atoms with E-state index in [9.17, 15) is 0 Å². The van der Waals surface area contributed by atoms with Crippen molar-refractivity contribution < 1.29 is 0 Å². The summed E-state index contributed by atoms with van der Waals surface area (Å²) in [5.74, 6) is 0.594. The van der Waals surface area contributed by atoms with Gasteiger partial charge in [-0.05, 0) is 24.1 Å². The maximum atomic E-state index is 4.16. The minimum atomic E-state index is 0.594. The third kappa shape index (κ3) is 2.99. The average Bonchev–Trinajstić information content (AvgIpc) is 2.03. The Morgan fingerprint density at radius 1 is 1.36 bits per heavy atom. The molecule has 1 nitrogen and oxygen atoms in total. The summed E-state index contributed by atoms with van der Waals surface area (Å²) in [4.78, 5) is 4.16. The normalized spacial score (nSPS) is 11.2. The molecule has 0 aliphatic heterocycles. The van der Waals surface area contributed by atoms with E-state index in [0.29, 0.717) is 5.92 Å². The smallest absolute Gasteiger partial charge is 0.0626 e. The Kier molecular flexibility index (Phi) is 2.84. The molecule has 11 heavy (non-hydrogen) atoms. The van der Waals surface area contributed by atoms with E-state index in [-0.39, 0.29) is 0 Å². The van der Waals surface area contributed by atoms with Crippen LogP contribution in [0.15, 0.2) is 30.5 Å². The van der Waals surface area contributed by atoms with Crippen molar-refractivity contribution in [1.82, 2.24) is 4.98 Å². The predicted molar refractivity (Wildman–Crippen MR) is 48.1 cm³/mol. The van der Waals surface area contributed by atoms with Gasteiger partial charge < -0.3 is 0 Å².